The third-order valence-corrected chi connectivity index (χ3v) is 6.88. The minimum Gasteiger partial charge on any atom is -0.488 e. The number of hydrogen-bond donors (Lipinski definition) is 2. The minimum absolute atomic E-state index is 0.162. The second-order valence-electron chi connectivity index (χ2n) is 9.58. The van der Waals surface area contributed by atoms with E-state index in [1.807, 2.05) is 36.4 Å². The van der Waals surface area contributed by atoms with Gasteiger partial charge in [0.25, 0.3) is 0 Å². The number of carbonyl (C=O) groups excluding carboxylic acids is 1. The Morgan fingerprint density at radius 3 is 2.73 bits per heavy atom. The summed E-state index contributed by atoms with van der Waals surface area (Å²) in [5.74, 6) is 1.22. The summed E-state index contributed by atoms with van der Waals surface area (Å²) in [6.07, 6.45) is 10.5. The van der Waals surface area contributed by atoms with Crippen LogP contribution >= 0.6 is 0 Å². The van der Waals surface area contributed by atoms with Crippen molar-refractivity contribution >= 4 is 28.3 Å². The van der Waals surface area contributed by atoms with Crippen LogP contribution in [0.2, 0.25) is 0 Å². The molecule has 0 spiro atoms. The number of carbonyl (C=O) groups is 1. The highest BCUT2D eigenvalue weighted by Gasteiger charge is 2.20. The summed E-state index contributed by atoms with van der Waals surface area (Å²) in [5, 5.41) is 7.34. The van der Waals surface area contributed by atoms with Crippen LogP contribution < -0.4 is 15.4 Å². The lowest BCUT2D eigenvalue weighted by atomic mass is 10.1. The van der Waals surface area contributed by atoms with Gasteiger partial charge in [-0.1, -0.05) is 36.4 Å². The number of fused-ring (bicyclic) bond motifs is 1. The van der Waals surface area contributed by atoms with E-state index in [1.165, 1.54) is 18.4 Å². The molecule has 2 N–H and O–H groups in total. The lowest BCUT2D eigenvalue weighted by Gasteiger charge is -2.25. The molecule has 1 saturated carbocycles. The zero-order valence-corrected chi connectivity index (χ0v) is 21.2. The molecule has 2 heterocycles. The summed E-state index contributed by atoms with van der Waals surface area (Å²) in [6, 6.07) is 14.2. The van der Waals surface area contributed by atoms with Gasteiger partial charge in [0, 0.05) is 43.7 Å². The molecule has 2 fully saturated rings. The normalized spacial score (nSPS) is 16.9. The predicted molar refractivity (Wildman–Crippen MR) is 146 cm³/mol. The summed E-state index contributed by atoms with van der Waals surface area (Å²) in [4.78, 5) is 24.1. The molecule has 37 heavy (non-hydrogen) atoms. The summed E-state index contributed by atoms with van der Waals surface area (Å²) in [5.41, 5.74) is 2.69. The van der Waals surface area contributed by atoms with Crippen LogP contribution in [-0.2, 0) is 16.0 Å². The summed E-state index contributed by atoms with van der Waals surface area (Å²) in [7, 11) is 0. The van der Waals surface area contributed by atoms with Crippen LogP contribution in [0.5, 0.6) is 5.75 Å². The third kappa shape index (κ3) is 7.05. The van der Waals surface area contributed by atoms with Gasteiger partial charge in [0.1, 0.15) is 17.9 Å². The van der Waals surface area contributed by atoms with Crippen molar-refractivity contribution in [3.05, 3.63) is 66.5 Å². The average Bonchev–Trinajstić information content (AvgIpc) is 3.44. The minimum atomic E-state index is -0.181. The second kappa shape index (κ2) is 12.7. The van der Waals surface area contributed by atoms with Crippen molar-refractivity contribution in [3.8, 4) is 5.75 Å². The van der Waals surface area contributed by atoms with Gasteiger partial charge in [-0.05, 0) is 43.7 Å². The van der Waals surface area contributed by atoms with Crippen LogP contribution in [0.1, 0.15) is 31.2 Å². The number of rotatable bonds is 10. The molecular formula is C29H35N5O3. The lowest BCUT2D eigenvalue weighted by Crippen LogP contribution is -2.36. The SMILES string of the molecule is O=C(C=CCN1CCOCC1)Nc1cc2c(NCCc3ccccc3)ncnc2cc1OC1CCCC1. The van der Waals surface area contributed by atoms with Gasteiger partial charge >= 0.3 is 0 Å². The number of morpholine rings is 1. The van der Waals surface area contributed by atoms with Crippen molar-refractivity contribution in [1.29, 1.82) is 0 Å². The van der Waals surface area contributed by atoms with E-state index in [1.54, 1.807) is 12.4 Å². The standard InChI is InChI=1S/C29H35N5O3/c35-28(11-6-14-34-15-17-36-18-16-34)33-26-19-24-25(20-27(26)37-23-9-4-5-10-23)31-21-32-29(24)30-13-12-22-7-2-1-3-8-22/h1-3,6-8,11,19-21,23H,4-5,9-10,12-18H2,(H,33,35)(H,30,31,32). The molecule has 2 aliphatic rings. The Kier molecular flexibility index (Phi) is 8.61. The van der Waals surface area contributed by atoms with Crippen molar-refractivity contribution in [3.63, 3.8) is 0 Å². The van der Waals surface area contributed by atoms with Gasteiger partial charge in [-0.2, -0.15) is 0 Å². The van der Waals surface area contributed by atoms with E-state index < -0.39 is 0 Å². The van der Waals surface area contributed by atoms with E-state index in [0.717, 1.165) is 75.4 Å². The van der Waals surface area contributed by atoms with Gasteiger partial charge in [-0.15, -0.1) is 0 Å². The number of ether oxygens (including phenoxy) is 2. The fraction of sp³-hybridized carbons (Fsp3) is 0.414. The van der Waals surface area contributed by atoms with Crippen LogP contribution in [0, 0.1) is 0 Å². The van der Waals surface area contributed by atoms with E-state index in [4.69, 9.17) is 9.47 Å². The molecule has 0 atom stereocenters. The van der Waals surface area contributed by atoms with E-state index in [9.17, 15) is 4.79 Å². The molecule has 1 aliphatic carbocycles. The molecule has 1 saturated heterocycles. The van der Waals surface area contributed by atoms with Crippen molar-refractivity contribution < 1.29 is 14.3 Å². The quantitative estimate of drug-likeness (QED) is 0.397. The largest absolute Gasteiger partial charge is 0.488 e. The van der Waals surface area contributed by atoms with Crippen LogP contribution in [0.25, 0.3) is 10.9 Å². The Labute approximate surface area is 218 Å². The Bertz CT molecular complexity index is 1200. The van der Waals surface area contributed by atoms with Gasteiger partial charge in [-0.3, -0.25) is 9.69 Å². The number of anilines is 2. The average molecular weight is 502 g/mol. The Hall–Kier alpha value is -3.49. The summed E-state index contributed by atoms with van der Waals surface area (Å²) < 4.78 is 11.7. The monoisotopic (exact) mass is 501 g/mol. The first kappa shape index (κ1) is 25.2. The Balaban J connectivity index is 1.33. The zero-order valence-electron chi connectivity index (χ0n) is 21.2. The van der Waals surface area contributed by atoms with Gasteiger partial charge in [0.2, 0.25) is 5.91 Å². The highest BCUT2D eigenvalue weighted by atomic mass is 16.5. The highest BCUT2D eigenvalue weighted by molar-refractivity contribution is 6.03. The molecule has 8 nitrogen and oxygen atoms in total. The van der Waals surface area contributed by atoms with Gasteiger partial charge in [0.15, 0.2) is 0 Å². The summed E-state index contributed by atoms with van der Waals surface area (Å²) >= 11 is 0. The number of hydrogen-bond acceptors (Lipinski definition) is 7. The molecule has 1 amide bonds. The molecule has 5 rings (SSSR count). The second-order valence-corrected chi connectivity index (χ2v) is 9.58. The maximum Gasteiger partial charge on any atom is 0.248 e. The van der Waals surface area contributed by atoms with Crippen molar-refractivity contribution in [2.45, 2.75) is 38.2 Å². The number of aromatic nitrogens is 2. The van der Waals surface area contributed by atoms with Crippen molar-refractivity contribution in [2.75, 3.05) is 50.0 Å². The molecule has 3 aromatic rings. The number of nitrogens with zero attached hydrogens (tertiary/aromatic N) is 3. The lowest BCUT2D eigenvalue weighted by molar-refractivity contribution is -0.111. The molecule has 0 bridgehead atoms. The van der Waals surface area contributed by atoms with Crippen molar-refractivity contribution in [2.24, 2.45) is 0 Å². The van der Waals surface area contributed by atoms with Gasteiger partial charge in [-0.25, -0.2) is 9.97 Å². The van der Waals surface area contributed by atoms with E-state index >= 15 is 0 Å². The van der Waals surface area contributed by atoms with Gasteiger partial charge in [0.05, 0.1) is 30.5 Å². The Morgan fingerprint density at radius 1 is 1.11 bits per heavy atom. The van der Waals surface area contributed by atoms with Crippen LogP contribution in [0.3, 0.4) is 0 Å². The zero-order chi connectivity index (χ0) is 25.3. The highest BCUT2D eigenvalue weighted by Crippen LogP contribution is 2.35. The first-order valence-electron chi connectivity index (χ1n) is 13.3. The van der Waals surface area contributed by atoms with Gasteiger partial charge < -0.3 is 20.1 Å². The topological polar surface area (TPSA) is 88.6 Å². The van der Waals surface area contributed by atoms with Crippen LogP contribution in [0.15, 0.2) is 60.9 Å². The molecule has 0 unspecified atom stereocenters. The van der Waals surface area contributed by atoms with Crippen molar-refractivity contribution in [1.82, 2.24) is 14.9 Å². The van der Waals surface area contributed by atoms with E-state index in [-0.39, 0.29) is 12.0 Å². The molecule has 194 valence electrons. The van der Waals surface area contributed by atoms with Crippen LogP contribution in [-0.4, -0.2) is 66.3 Å². The van der Waals surface area contributed by atoms with E-state index in [0.29, 0.717) is 11.4 Å². The fourth-order valence-corrected chi connectivity index (χ4v) is 4.84. The van der Waals surface area contributed by atoms with Crippen LogP contribution in [0.4, 0.5) is 11.5 Å². The number of benzene rings is 2. The summed E-state index contributed by atoms with van der Waals surface area (Å²) in [6.45, 7) is 4.71. The molecule has 1 aliphatic heterocycles. The third-order valence-electron chi connectivity index (χ3n) is 6.88. The number of nitrogens with one attached hydrogen (secondary N) is 2. The first-order valence-corrected chi connectivity index (χ1v) is 13.3. The fourth-order valence-electron chi connectivity index (χ4n) is 4.84. The maximum absolute atomic E-state index is 12.8. The smallest absolute Gasteiger partial charge is 0.248 e. The number of amides is 1. The molecule has 0 radical (unpaired) electrons. The Morgan fingerprint density at radius 2 is 1.92 bits per heavy atom. The molecule has 1 aromatic heterocycles. The molecule has 2 aromatic carbocycles. The molecular weight excluding hydrogens is 466 g/mol. The maximum atomic E-state index is 12.8. The van der Waals surface area contributed by atoms with E-state index in [2.05, 4.69) is 37.6 Å². The first-order chi connectivity index (χ1) is 18.2. The predicted octanol–water partition coefficient (Wildman–Crippen LogP) is 4.43. The molecule has 8 heteroatoms.